The molecule has 110 valence electrons. The number of halogens is 1. The monoisotopic (exact) mass is 389 g/mol. The Bertz CT molecular complexity index is 599. The quantitative estimate of drug-likeness (QED) is 0.406. The molecule has 0 saturated carbocycles. The Labute approximate surface area is 136 Å². The molecule has 0 spiro atoms. The highest BCUT2D eigenvalue weighted by Gasteiger charge is 2.15. The zero-order chi connectivity index (χ0) is 14.0. The second-order valence-corrected chi connectivity index (χ2v) is 5.80. The van der Waals surface area contributed by atoms with Crippen LogP contribution in [0.25, 0.3) is 11.0 Å². The molecule has 20 heavy (non-hydrogen) atoms. The van der Waals surface area contributed by atoms with Crippen molar-refractivity contribution in [1.82, 2.24) is 0 Å². The van der Waals surface area contributed by atoms with E-state index < -0.39 is 5.97 Å². The Hall–Kier alpha value is -1.08. The van der Waals surface area contributed by atoms with Crippen LogP contribution in [0.1, 0.15) is 16.1 Å². The number of fused-ring (bicyclic) bond motifs is 1. The molecule has 0 bridgehead atoms. The number of benzene rings is 1. The van der Waals surface area contributed by atoms with Crippen molar-refractivity contribution >= 4 is 16.9 Å². The van der Waals surface area contributed by atoms with Crippen molar-refractivity contribution in [3.05, 3.63) is 35.6 Å². The topological polar surface area (TPSA) is 39.4 Å². The van der Waals surface area contributed by atoms with Crippen molar-refractivity contribution in [2.24, 2.45) is 0 Å². The molecular formula is C15H20INO3. The molecule has 5 heteroatoms. The molecule has 0 fully saturated rings. The summed E-state index contributed by atoms with van der Waals surface area (Å²) >= 11 is 0. The van der Waals surface area contributed by atoms with Crippen molar-refractivity contribution in [1.29, 1.82) is 0 Å². The zero-order valence-electron chi connectivity index (χ0n) is 12.3. The molecule has 0 N–H and O–H groups in total. The molecule has 0 amide bonds. The van der Waals surface area contributed by atoms with Gasteiger partial charge in [0.25, 0.3) is 0 Å². The van der Waals surface area contributed by atoms with E-state index in [1.54, 1.807) is 6.07 Å². The van der Waals surface area contributed by atoms with Gasteiger partial charge < -0.3 is 37.6 Å². The van der Waals surface area contributed by atoms with E-state index in [0.717, 1.165) is 22.0 Å². The molecule has 1 heterocycles. The number of furan rings is 1. The van der Waals surface area contributed by atoms with Crippen LogP contribution in [0.15, 0.2) is 28.7 Å². The average Bonchev–Trinajstić information content (AvgIpc) is 2.70. The van der Waals surface area contributed by atoms with Crippen LogP contribution in [0.5, 0.6) is 0 Å². The number of likely N-dealkylation sites (N-methyl/N-ethyl adjacent to an activating group) is 1. The van der Waals surface area contributed by atoms with Gasteiger partial charge in [-0.05, 0) is 25.1 Å². The minimum atomic E-state index is -0.401. The van der Waals surface area contributed by atoms with Gasteiger partial charge in [-0.15, -0.1) is 0 Å². The van der Waals surface area contributed by atoms with Gasteiger partial charge in [-0.1, -0.05) is 11.6 Å². The molecule has 2 rings (SSSR count). The molecule has 0 aliphatic carbocycles. The number of carbonyl (C=O) groups is 1. The summed E-state index contributed by atoms with van der Waals surface area (Å²) in [4.78, 5) is 11.9. The molecule has 4 nitrogen and oxygen atoms in total. The van der Waals surface area contributed by atoms with E-state index >= 15 is 0 Å². The van der Waals surface area contributed by atoms with Crippen molar-refractivity contribution in [2.75, 3.05) is 34.3 Å². The highest BCUT2D eigenvalue weighted by atomic mass is 127. The number of carbonyl (C=O) groups excluding carboxylic acids is 1. The van der Waals surface area contributed by atoms with Crippen LogP contribution in [0.2, 0.25) is 0 Å². The van der Waals surface area contributed by atoms with Crippen LogP contribution < -0.4 is 24.0 Å². The van der Waals surface area contributed by atoms with Crippen molar-refractivity contribution < 1.29 is 42.4 Å². The minimum Gasteiger partial charge on any atom is -1.00 e. The summed E-state index contributed by atoms with van der Waals surface area (Å²) in [6.07, 6.45) is 0. The maximum atomic E-state index is 11.9. The molecule has 0 atom stereocenters. The largest absolute Gasteiger partial charge is 1.00 e. The number of rotatable bonds is 4. The van der Waals surface area contributed by atoms with Crippen molar-refractivity contribution in [3.63, 3.8) is 0 Å². The highest BCUT2D eigenvalue weighted by molar-refractivity contribution is 5.92. The van der Waals surface area contributed by atoms with E-state index in [2.05, 4.69) is 21.1 Å². The summed E-state index contributed by atoms with van der Waals surface area (Å²) in [5.41, 5.74) is 1.85. The molecular weight excluding hydrogens is 369 g/mol. The van der Waals surface area contributed by atoms with Crippen LogP contribution in [0, 0.1) is 6.92 Å². The lowest BCUT2D eigenvalue weighted by Gasteiger charge is -2.23. The first kappa shape index (κ1) is 17.0. The lowest BCUT2D eigenvalue weighted by molar-refractivity contribution is -0.870. The molecule has 0 saturated heterocycles. The predicted octanol–water partition coefficient (Wildman–Crippen LogP) is -0.392. The lowest BCUT2D eigenvalue weighted by atomic mass is 10.2. The normalized spacial score (nSPS) is 11.2. The Balaban J connectivity index is 0.00000200. The van der Waals surface area contributed by atoms with E-state index in [1.165, 1.54) is 0 Å². The smallest absolute Gasteiger partial charge is 0.374 e. The van der Waals surface area contributed by atoms with Crippen LogP contribution in [-0.2, 0) is 4.74 Å². The second-order valence-electron chi connectivity index (χ2n) is 5.80. The van der Waals surface area contributed by atoms with E-state index in [1.807, 2.05) is 25.1 Å². The predicted molar refractivity (Wildman–Crippen MR) is 74.1 cm³/mol. The maximum absolute atomic E-state index is 11.9. The summed E-state index contributed by atoms with van der Waals surface area (Å²) in [5, 5.41) is 0.929. The van der Waals surface area contributed by atoms with Gasteiger partial charge in [-0.25, -0.2) is 4.79 Å². The number of hydrogen-bond acceptors (Lipinski definition) is 3. The average molecular weight is 389 g/mol. The number of ether oxygens (including phenoxy) is 1. The van der Waals surface area contributed by atoms with Crippen LogP contribution in [-0.4, -0.2) is 44.7 Å². The van der Waals surface area contributed by atoms with Crippen molar-refractivity contribution in [3.8, 4) is 0 Å². The molecule has 0 aliphatic rings. The summed E-state index contributed by atoms with van der Waals surface area (Å²) < 4.78 is 11.5. The number of esters is 1. The Morgan fingerprint density at radius 1 is 1.25 bits per heavy atom. The van der Waals surface area contributed by atoms with Gasteiger partial charge in [0.15, 0.2) is 0 Å². The van der Waals surface area contributed by atoms with Crippen molar-refractivity contribution in [2.45, 2.75) is 6.92 Å². The Morgan fingerprint density at radius 2 is 1.95 bits per heavy atom. The first-order valence-electron chi connectivity index (χ1n) is 6.33. The number of nitrogens with zero attached hydrogens (tertiary/aromatic N) is 1. The Morgan fingerprint density at radius 3 is 2.60 bits per heavy atom. The second kappa shape index (κ2) is 6.58. The highest BCUT2D eigenvalue weighted by Crippen LogP contribution is 2.21. The van der Waals surface area contributed by atoms with Gasteiger partial charge in [0, 0.05) is 5.39 Å². The van der Waals surface area contributed by atoms with E-state index in [4.69, 9.17) is 9.15 Å². The molecule has 1 aromatic heterocycles. The van der Waals surface area contributed by atoms with E-state index in [0.29, 0.717) is 12.2 Å². The van der Waals surface area contributed by atoms with Crippen LogP contribution in [0.3, 0.4) is 0 Å². The fraction of sp³-hybridized carbons (Fsp3) is 0.400. The molecule has 0 radical (unpaired) electrons. The number of quaternary nitrogens is 1. The van der Waals surface area contributed by atoms with Crippen LogP contribution >= 0.6 is 0 Å². The van der Waals surface area contributed by atoms with Gasteiger partial charge in [0.05, 0.1) is 21.1 Å². The van der Waals surface area contributed by atoms with E-state index in [9.17, 15) is 4.79 Å². The molecule has 0 aliphatic heterocycles. The summed E-state index contributed by atoms with van der Waals surface area (Å²) in [7, 11) is 6.16. The first-order valence-corrected chi connectivity index (χ1v) is 6.33. The number of hydrogen-bond donors (Lipinski definition) is 0. The molecule has 1 aromatic carbocycles. The lowest BCUT2D eigenvalue weighted by Crippen LogP contribution is -3.00. The third kappa shape index (κ3) is 4.49. The summed E-state index contributed by atoms with van der Waals surface area (Å²) in [6.45, 7) is 3.16. The molecule has 0 unspecified atom stereocenters. The Kier molecular flexibility index (Phi) is 5.59. The minimum absolute atomic E-state index is 0. The molecule has 2 aromatic rings. The fourth-order valence-corrected chi connectivity index (χ4v) is 1.75. The SMILES string of the molecule is Cc1ccc2oc(C(=O)OCC[N+](C)(C)C)cc2c1.[I-]. The van der Waals surface area contributed by atoms with Gasteiger partial charge in [0.1, 0.15) is 18.7 Å². The van der Waals surface area contributed by atoms with Crippen LogP contribution in [0.4, 0.5) is 0 Å². The fourth-order valence-electron chi connectivity index (χ4n) is 1.75. The zero-order valence-corrected chi connectivity index (χ0v) is 14.4. The third-order valence-corrected chi connectivity index (χ3v) is 2.87. The van der Waals surface area contributed by atoms with Gasteiger partial charge >= 0.3 is 5.97 Å². The standard InChI is InChI=1S/C15H20NO3.HI/c1-11-5-6-13-12(9-11)10-14(19-13)15(17)18-8-7-16(2,3)4;/h5-6,9-10H,7-8H2,1-4H3;1H/q+1;/p-1. The third-order valence-electron chi connectivity index (χ3n) is 2.87. The van der Waals surface area contributed by atoms with Gasteiger partial charge in [-0.2, -0.15) is 0 Å². The van der Waals surface area contributed by atoms with E-state index in [-0.39, 0.29) is 29.7 Å². The maximum Gasteiger partial charge on any atom is 0.374 e. The summed E-state index contributed by atoms with van der Waals surface area (Å²) in [6, 6.07) is 7.55. The number of aryl methyl sites for hydroxylation is 1. The summed E-state index contributed by atoms with van der Waals surface area (Å²) in [5.74, 6) is -0.135. The van der Waals surface area contributed by atoms with Gasteiger partial charge in [0.2, 0.25) is 5.76 Å². The van der Waals surface area contributed by atoms with Gasteiger partial charge in [-0.3, -0.25) is 0 Å². The first-order chi connectivity index (χ1) is 8.85.